The molecule has 2 N–H and O–H groups in total. The van der Waals surface area contributed by atoms with Crippen LogP contribution < -0.4 is 5.73 Å². The lowest BCUT2D eigenvalue weighted by molar-refractivity contribution is -0.136. The zero-order chi connectivity index (χ0) is 13.3. The van der Waals surface area contributed by atoms with Gasteiger partial charge in [0.2, 0.25) is 11.8 Å². The summed E-state index contributed by atoms with van der Waals surface area (Å²) in [5.41, 5.74) is 5.28. The number of nitrogens with zero attached hydrogens (tertiary/aromatic N) is 1. The number of amides is 2. The molecule has 96 valence electrons. The van der Waals surface area contributed by atoms with Crippen molar-refractivity contribution in [1.82, 2.24) is 4.90 Å². The number of rotatable bonds is 4. The third-order valence-corrected chi connectivity index (χ3v) is 3.30. The SMILES string of the molecule is CN(CC(N)=O)C(=O)C1(c2ccc(F)cc2)CC1. The average Bonchev–Trinajstić information content (AvgIpc) is 3.09. The van der Waals surface area contributed by atoms with E-state index in [0.29, 0.717) is 0 Å². The molecule has 0 heterocycles. The first-order chi connectivity index (χ1) is 8.45. The summed E-state index contributed by atoms with van der Waals surface area (Å²) in [6.45, 7) is -0.0955. The van der Waals surface area contributed by atoms with Crippen LogP contribution in [0.2, 0.25) is 0 Å². The molecule has 1 aliphatic rings. The van der Waals surface area contributed by atoms with Crippen LogP contribution in [0.1, 0.15) is 18.4 Å². The van der Waals surface area contributed by atoms with Crippen LogP contribution in [0, 0.1) is 5.82 Å². The Hall–Kier alpha value is -1.91. The van der Waals surface area contributed by atoms with Gasteiger partial charge in [-0.15, -0.1) is 0 Å². The number of benzene rings is 1. The van der Waals surface area contributed by atoms with Gasteiger partial charge in [0.1, 0.15) is 5.82 Å². The highest BCUT2D eigenvalue weighted by atomic mass is 19.1. The molecule has 0 bridgehead atoms. The van der Waals surface area contributed by atoms with Crippen molar-refractivity contribution in [2.24, 2.45) is 5.73 Å². The molecule has 5 heteroatoms. The van der Waals surface area contributed by atoms with Crippen LogP contribution in [0.5, 0.6) is 0 Å². The number of primary amides is 1. The second-order valence-electron chi connectivity index (χ2n) is 4.72. The standard InChI is InChI=1S/C13H15FN2O2/c1-16(8-11(15)17)12(18)13(6-7-13)9-2-4-10(14)5-3-9/h2-5H,6-8H2,1H3,(H2,15,17). The van der Waals surface area contributed by atoms with Gasteiger partial charge in [-0.2, -0.15) is 0 Å². The number of carbonyl (C=O) groups is 2. The second kappa shape index (κ2) is 4.40. The molecular formula is C13H15FN2O2. The topological polar surface area (TPSA) is 63.4 Å². The molecule has 0 unspecified atom stereocenters. The van der Waals surface area contributed by atoms with Crippen molar-refractivity contribution in [3.63, 3.8) is 0 Å². The van der Waals surface area contributed by atoms with Gasteiger partial charge in [0, 0.05) is 7.05 Å². The molecule has 0 spiro atoms. The zero-order valence-electron chi connectivity index (χ0n) is 10.1. The van der Waals surface area contributed by atoms with Gasteiger partial charge in [-0.1, -0.05) is 12.1 Å². The molecule has 1 aliphatic carbocycles. The normalized spacial score (nSPS) is 16.1. The monoisotopic (exact) mass is 250 g/mol. The summed E-state index contributed by atoms with van der Waals surface area (Å²) in [5.74, 6) is -0.999. The van der Waals surface area contributed by atoms with Gasteiger partial charge in [0.15, 0.2) is 0 Å². The molecule has 1 fully saturated rings. The Morgan fingerprint density at radius 2 is 1.89 bits per heavy atom. The third-order valence-electron chi connectivity index (χ3n) is 3.30. The molecule has 2 amide bonds. The fraction of sp³-hybridized carbons (Fsp3) is 0.385. The van der Waals surface area contributed by atoms with E-state index in [2.05, 4.69) is 0 Å². The summed E-state index contributed by atoms with van der Waals surface area (Å²) >= 11 is 0. The van der Waals surface area contributed by atoms with Gasteiger partial charge < -0.3 is 10.6 Å². The summed E-state index contributed by atoms with van der Waals surface area (Å²) < 4.78 is 12.9. The van der Waals surface area contributed by atoms with Crippen LogP contribution in [0.4, 0.5) is 4.39 Å². The molecule has 0 radical (unpaired) electrons. The first kappa shape index (κ1) is 12.5. The van der Waals surface area contributed by atoms with Crippen LogP contribution in [-0.2, 0) is 15.0 Å². The number of nitrogens with two attached hydrogens (primary N) is 1. The highest BCUT2D eigenvalue weighted by Gasteiger charge is 2.52. The van der Waals surface area contributed by atoms with Crippen molar-refractivity contribution in [1.29, 1.82) is 0 Å². The molecule has 4 nitrogen and oxygen atoms in total. The van der Waals surface area contributed by atoms with Crippen molar-refractivity contribution >= 4 is 11.8 Å². The van der Waals surface area contributed by atoms with Crippen LogP contribution in [0.3, 0.4) is 0 Å². The maximum atomic E-state index is 12.9. The summed E-state index contributed by atoms with van der Waals surface area (Å²) in [4.78, 5) is 24.4. The van der Waals surface area contributed by atoms with E-state index in [1.165, 1.54) is 17.0 Å². The van der Waals surface area contributed by atoms with Crippen LogP contribution in [0.25, 0.3) is 0 Å². The van der Waals surface area contributed by atoms with E-state index < -0.39 is 11.3 Å². The molecule has 1 aromatic carbocycles. The van der Waals surface area contributed by atoms with Crippen molar-refractivity contribution in [3.8, 4) is 0 Å². The Morgan fingerprint density at radius 3 is 2.33 bits per heavy atom. The predicted octanol–water partition coefficient (Wildman–Crippen LogP) is 0.801. The lowest BCUT2D eigenvalue weighted by Crippen LogP contribution is -2.41. The average molecular weight is 250 g/mol. The van der Waals surface area contributed by atoms with Gasteiger partial charge in [-0.05, 0) is 30.5 Å². The lowest BCUT2D eigenvalue weighted by atomic mass is 9.94. The third kappa shape index (κ3) is 2.20. The molecular weight excluding hydrogens is 235 g/mol. The molecule has 0 aliphatic heterocycles. The van der Waals surface area contributed by atoms with E-state index in [9.17, 15) is 14.0 Å². The number of hydrogen-bond acceptors (Lipinski definition) is 2. The summed E-state index contributed by atoms with van der Waals surface area (Å²) in [6, 6.07) is 5.93. The number of hydrogen-bond donors (Lipinski definition) is 1. The molecule has 18 heavy (non-hydrogen) atoms. The van der Waals surface area contributed by atoms with Crippen LogP contribution in [0.15, 0.2) is 24.3 Å². The number of carbonyl (C=O) groups excluding carboxylic acids is 2. The minimum Gasteiger partial charge on any atom is -0.368 e. The molecule has 1 saturated carbocycles. The minimum absolute atomic E-state index is 0.0955. The van der Waals surface area contributed by atoms with Gasteiger partial charge in [-0.25, -0.2) is 4.39 Å². The molecule has 0 atom stereocenters. The zero-order valence-corrected chi connectivity index (χ0v) is 10.1. The Balaban J connectivity index is 2.19. The van der Waals surface area contributed by atoms with Crippen molar-refractivity contribution < 1.29 is 14.0 Å². The van der Waals surface area contributed by atoms with Gasteiger partial charge >= 0.3 is 0 Å². The molecule has 2 rings (SSSR count). The second-order valence-corrected chi connectivity index (χ2v) is 4.72. The van der Waals surface area contributed by atoms with Gasteiger partial charge in [0.05, 0.1) is 12.0 Å². The maximum absolute atomic E-state index is 12.9. The summed E-state index contributed by atoms with van der Waals surface area (Å²) in [6.07, 6.45) is 1.45. The quantitative estimate of drug-likeness (QED) is 0.859. The van der Waals surface area contributed by atoms with Crippen LogP contribution in [-0.4, -0.2) is 30.3 Å². The highest BCUT2D eigenvalue weighted by molar-refractivity contribution is 5.93. The van der Waals surface area contributed by atoms with E-state index in [1.54, 1.807) is 19.2 Å². The largest absolute Gasteiger partial charge is 0.368 e. The number of halogens is 1. The first-order valence-corrected chi connectivity index (χ1v) is 5.75. The predicted molar refractivity (Wildman–Crippen MR) is 64.1 cm³/mol. The minimum atomic E-state index is -0.585. The fourth-order valence-electron chi connectivity index (χ4n) is 2.19. The van der Waals surface area contributed by atoms with Crippen LogP contribution >= 0.6 is 0 Å². The van der Waals surface area contributed by atoms with Gasteiger partial charge in [0.25, 0.3) is 0 Å². The fourth-order valence-corrected chi connectivity index (χ4v) is 2.19. The van der Waals surface area contributed by atoms with E-state index >= 15 is 0 Å². The Bertz CT molecular complexity index is 480. The van der Waals surface area contributed by atoms with E-state index in [0.717, 1.165) is 18.4 Å². The van der Waals surface area contributed by atoms with E-state index in [1.807, 2.05) is 0 Å². The Morgan fingerprint density at radius 1 is 1.33 bits per heavy atom. The number of likely N-dealkylation sites (N-methyl/N-ethyl adjacent to an activating group) is 1. The Kier molecular flexibility index (Phi) is 3.07. The van der Waals surface area contributed by atoms with E-state index in [4.69, 9.17) is 5.73 Å². The summed E-state index contributed by atoms with van der Waals surface area (Å²) in [7, 11) is 1.55. The molecule has 1 aromatic rings. The van der Waals surface area contributed by atoms with Gasteiger partial charge in [-0.3, -0.25) is 9.59 Å². The first-order valence-electron chi connectivity index (χ1n) is 5.75. The Labute approximate surface area is 105 Å². The molecule has 0 saturated heterocycles. The molecule has 0 aromatic heterocycles. The summed E-state index contributed by atoms with van der Waals surface area (Å²) in [5, 5.41) is 0. The van der Waals surface area contributed by atoms with Crippen molar-refractivity contribution in [3.05, 3.63) is 35.6 Å². The smallest absolute Gasteiger partial charge is 0.237 e. The maximum Gasteiger partial charge on any atom is 0.237 e. The lowest BCUT2D eigenvalue weighted by Gasteiger charge is -2.22. The highest BCUT2D eigenvalue weighted by Crippen LogP contribution is 2.49. The van der Waals surface area contributed by atoms with Crippen molar-refractivity contribution in [2.75, 3.05) is 13.6 Å². The van der Waals surface area contributed by atoms with E-state index in [-0.39, 0.29) is 18.3 Å². The van der Waals surface area contributed by atoms with Crippen molar-refractivity contribution in [2.45, 2.75) is 18.3 Å².